The van der Waals surface area contributed by atoms with E-state index in [2.05, 4.69) is 52.1 Å². The van der Waals surface area contributed by atoms with E-state index in [1.807, 2.05) is 19.1 Å². The van der Waals surface area contributed by atoms with E-state index in [1.54, 1.807) is 4.90 Å². The van der Waals surface area contributed by atoms with Gasteiger partial charge in [-0.3, -0.25) is 9.88 Å². The normalized spacial score (nSPS) is 15.5. The molecule has 1 saturated heterocycles. The van der Waals surface area contributed by atoms with Gasteiger partial charge in [0.1, 0.15) is 48.8 Å². The molecular formula is C21H25N5+2. The molecule has 1 fully saturated rings. The summed E-state index contributed by atoms with van der Waals surface area (Å²) in [6.07, 6.45) is 0. The number of imidazole rings is 1. The Labute approximate surface area is 153 Å². The molecule has 0 spiro atoms. The smallest absolute Gasteiger partial charge is 0.250 e. The van der Waals surface area contributed by atoms with Crippen LogP contribution < -0.4 is 14.2 Å². The van der Waals surface area contributed by atoms with Crippen LogP contribution in [-0.2, 0) is 0 Å². The fourth-order valence-corrected chi connectivity index (χ4v) is 4.04. The third-order valence-corrected chi connectivity index (χ3v) is 5.29. The summed E-state index contributed by atoms with van der Waals surface area (Å²) in [5, 5.41) is 9.65. The molecule has 1 aliphatic rings. The minimum absolute atomic E-state index is 0.719. The first kappa shape index (κ1) is 16.6. The Balaban J connectivity index is 1.81. The van der Waals surface area contributed by atoms with Crippen LogP contribution in [0, 0.1) is 18.3 Å². The van der Waals surface area contributed by atoms with E-state index < -0.39 is 0 Å². The quantitative estimate of drug-likeness (QED) is 0.555. The lowest BCUT2D eigenvalue weighted by Crippen LogP contribution is -3.15. The molecule has 5 nitrogen and oxygen atoms in total. The monoisotopic (exact) mass is 347 g/mol. The van der Waals surface area contributed by atoms with Crippen molar-refractivity contribution in [3.63, 3.8) is 0 Å². The van der Waals surface area contributed by atoms with Crippen LogP contribution in [0.25, 0.3) is 16.7 Å². The predicted octanol–water partition coefficient (Wildman–Crippen LogP) is 1.37. The number of piperazine rings is 1. The summed E-state index contributed by atoms with van der Waals surface area (Å²) in [5.74, 6) is 1.17. The summed E-state index contributed by atoms with van der Waals surface area (Å²) in [6.45, 7) is 13.5. The minimum Gasteiger partial charge on any atom is -0.326 e. The third-order valence-electron chi connectivity index (χ3n) is 5.29. The Morgan fingerprint density at radius 1 is 1.35 bits per heavy atom. The molecule has 26 heavy (non-hydrogen) atoms. The lowest BCUT2D eigenvalue weighted by atomic mass is 10.1. The van der Waals surface area contributed by atoms with Gasteiger partial charge in [-0.15, -0.1) is 0 Å². The molecular weight excluding hydrogens is 322 g/mol. The zero-order valence-electron chi connectivity index (χ0n) is 15.5. The Hall–Kier alpha value is -2.84. The molecule has 1 aromatic carbocycles. The second-order valence-corrected chi connectivity index (χ2v) is 7.37. The zero-order chi connectivity index (χ0) is 18.3. The van der Waals surface area contributed by atoms with Gasteiger partial charge in [-0.05, 0) is 37.1 Å². The fraction of sp³-hybridized carbons (Fsp3) is 0.333. The molecule has 0 aliphatic carbocycles. The lowest BCUT2D eigenvalue weighted by molar-refractivity contribution is -0.895. The van der Waals surface area contributed by atoms with Gasteiger partial charge in [0, 0.05) is 6.07 Å². The number of nitrogens with one attached hydrogen (secondary N) is 2. The van der Waals surface area contributed by atoms with E-state index in [0.29, 0.717) is 0 Å². The van der Waals surface area contributed by atoms with Crippen LogP contribution in [-0.4, -0.2) is 37.7 Å². The largest absolute Gasteiger partial charge is 0.326 e. The maximum atomic E-state index is 9.65. The molecule has 4 rings (SSSR count). The SMILES string of the molecule is C=C(C)C[NH+]1CCN(c2cc(C)c(C#N)c3[nH]c4ccccc4[n+]23)CC1. The third kappa shape index (κ3) is 2.73. The number of nitriles is 1. The predicted molar refractivity (Wildman–Crippen MR) is 104 cm³/mol. The van der Waals surface area contributed by atoms with Gasteiger partial charge in [-0.25, -0.2) is 0 Å². The average molecular weight is 347 g/mol. The van der Waals surface area contributed by atoms with Gasteiger partial charge < -0.3 is 4.90 Å². The molecule has 1 aliphatic heterocycles. The Kier molecular flexibility index (Phi) is 4.14. The van der Waals surface area contributed by atoms with Crippen LogP contribution in [0.1, 0.15) is 18.1 Å². The number of H-pyrrole nitrogens is 1. The molecule has 0 saturated carbocycles. The van der Waals surface area contributed by atoms with Crippen molar-refractivity contribution in [3.05, 3.63) is 53.6 Å². The van der Waals surface area contributed by atoms with Gasteiger partial charge in [0.2, 0.25) is 11.5 Å². The number of pyridine rings is 1. The van der Waals surface area contributed by atoms with E-state index >= 15 is 0 Å². The van der Waals surface area contributed by atoms with Gasteiger partial charge >= 0.3 is 0 Å². The first-order chi connectivity index (χ1) is 12.6. The topological polar surface area (TPSA) is 51.4 Å². The molecule has 2 N–H and O–H groups in total. The van der Waals surface area contributed by atoms with Gasteiger partial charge in [0.15, 0.2) is 0 Å². The average Bonchev–Trinajstić information content (AvgIpc) is 3.00. The molecule has 0 bridgehead atoms. The van der Waals surface area contributed by atoms with E-state index in [9.17, 15) is 5.26 Å². The number of rotatable bonds is 3. The fourth-order valence-electron chi connectivity index (χ4n) is 4.04. The number of aromatic amines is 1. The van der Waals surface area contributed by atoms with E-state index in [1.165, 1.54) is 11.4 Å². The Bertz CT molecular complexity index is 1030. The summed E-state index contributed by atoms with van der Waals surface area (Å²) >= 11 is 0. The number of fused-ring (bicyclic) bond motifs is 3. The Morgan fingerprint density at radius 3 is 2.77 bits per heavy atom. The van der Waals surface area contributed by atoms with E-state index in [4.69, 9.17) is 0 Å². The number of para-hydroxylation sites is 2. The first-order valence-electron chi connectivity index (χ1n) is 9.17. The number of quaternary nitrogens is 1. The highest BCUT2D eigenvalue weighted by Gasteiger charge is 2.29. The Morgan fingerprint density at radius 2 is 2.08 bits per heavy atom. The van der Waals surface area contributed by atoms with E-state index in [0.717, 1.165) is 60.5 Å². The molecule has 3 aromatic rings. The highest BCUT2D eigenvalue weighted by Crippen LogP contribution is 2.22. The molecule has 5 heteroatoms. The first-order valence-corrected chi connectivity index (χ1v) is 9.17. The molecule has 132 valence electrons. The van der Waals surface area contributed by atoms with Crippen molar-refractivity contribution in [2.45, 2.75) is 13.8 Å². The van der Waals surface area contributed by atoms with E-state index in [-0.39, 0.29) is 0 Å². The van der Waals surface area contributed by atoms with Crippen LogP contribution in [0.15, 0.2) is 42.5 Å². The van der Waals surface area contributed by atoms with Crippen LogP contribution in [0.2, 0.25) is 0 Å². The maximum absolute atomic E-state index is 9.65. The highest BCUT2D eigenvalue weighted by molar-refractivity contribution is 5.77. The molecule has 0 atom stereocenters. The molecule has 0 unspecified atom stereocenters. The summed E-state index contributed by atoms with van der Waals surface area (Å²) in [6, 6.07) is 12.8. The number of hydrogen-bond donors (Lipinski definition) is 2. The number of aryl methyl sites for hydroxylation is 1. The standard InChI is InChI=1S/C21H23N5/c1-15(2)14-24-8-10-25(11-9-24)20-12-16(3)17(13-22)21-23-18-6-4-5-7-19(18)26(20)21/h4-7,12H,1,8-11,14H2,2-3H3/p+2. The number of benzene rings is 1. The zero-order valence-corrected chi connectivity index (χ0v) is 15.5. The lowest BCUT2D eigenvalue weighted by Gasteiger charge is -2.30. The summed E-state index contributed by atoms with van der Waals surface area (Å²) < 4.78 is 2.21. The second kappa shape index (κ2) is 6.47. The van der Waals surface area contributed by atoms with Crippen LogP contribution in [0.3, 0.4) is 0 Å². The van der Waals surface area contributed by atoms with Gasteiger partial charge in [0.25, 0.3) is 0 Å². The van der Waals surface area contributed by atoms with Crippen molar-refractivity contribution < 1.29 is 9.30 Å². The van der Waals surface area contributed by atoms with Crippen LogP contribution in [0.4, 0.5) is 5.82 Å². The van der Waals surface area contributed by atoms with Crippen molar-refractivity contribution in [3.8, 4) is 6.07 Å². The van der Waals surface area contributed by atoms with Crippen molar-refractivity contribution in [2.24, 2.45) is 0 Å². The van der Waals surface area contributed by atoms with Crippen molar-refractivity contribution in [1.82, 2.24) is 4.98 Å². The number of aromatic nitrogens is 2. The maximum Gasteiger partial charge on any atom is 0.250 e. The van der Waals surface area contributed by atoms with Crippen LogP contribution >= 0.6 is 0 Å². The molecule has 3 heterocycles. The number of anilines is 1. The van der Waals surface area contributed by atoms with Crippen molar-refractivity contribution in [1.29, 1.82) is 5.26 Å². The van der Waals surface area contributed by atoms with Crippen molar-refractivity contribution >= 4 is 22.5 Å². The summed E-state index contributed by atoms with van der Waals surface area (Å²) in [7, 11) is 0. The van der Waals surface area contributed by atoms with Crippen molar-refractivity contribution in [2.75, 3.05) is 37.6 Å². The molecule has 0 radical (unpaired) electrons. The highest BCUT2D eigenvalue weighted by atomic mass is 15.3. The minimum atomic E-state index is 0.719. The molecule has 0 amide bonds. The summed E-state index contributed by atoms with van der Waals surface area (Å²) in [5.41, 5.74) is 6.05. The molecule has 2 aromatic heterocycles. The summed E-state index contributed by atoms with van der Waals surface area (Å²) in [4.78, 5) is 7.49. The van der Waals surface area contributed by atoms with Gasteiger partial charge in [-0.2, -0.15) is 9.66 Å². The van der Waals surface area contributed by atoms with Crippen LogP contribution in [0.5, 0.6) is 0 Å². The number of nitrogens with zero attached hydrogens (tertiary/aromatic N) is 3. The van der Waals surface area contributed by atoms with Gasteiger partial charge in [0.05, 0.1) is 6.54 Å². The van der Waals surface area contributed by atoms with Gasteiger partial charge in [-0.1, -0.05) is 18.7 Å². The number of hydrogen-bond acceptors (Lipinski definition) is 2. The second-order valence-electron chi connectivity index (χ2n) is 7.37.